The van der Waals surface area contributed by atoms with Crippen molar-refractivity contribution in [3.8, 4) is 17.4 Å². The third-order valence-electron chi connectivity index (χ3n) is 2.98. The maximum absolute atomic E-state index is 12.0. The molecule has 3 rings (SSSR count). The molecule has 0 aliphatic carbocycles. The molecule has 1 amide bonds. The van der Waals surface area contributed by atoms with Gasteiger partial charge in [0, 0.05) is 11.6 Å². The third kappa shape index (κ3) is 3.57. The summed E-state index contributed by atoms with van der Waals surface area (Å²) >= 11 is 0. The highest BCUT2D eigenvalue weighted by atomic mass is 16.6. The van der Waals surface area contributed by atoms with Gasteiger partial charge in [0.2, 0.25) is 11.8 Å². The lowest BCUT2D eigenvalue weighted by Crippen LogP contribution is -2.22. The fraction of sp³-hybridized carbons (Fsp3) is 0.188. The molecule has 3 aromatic rings. The molecule has 2 heterocycles. The fourth-order valence-electron chi connectivity index (χ4n) is 1.93. The molecule has 0 spiro atoms. The first kappa shape index (κ1) is 14.8. The van der Waals surface area contributed by atoms with Gasteiger partial charge in [-0.3, -0.25) is 4.79 Å². The van der Waals surface area contributed by atoms with Crippen LogP contribution >= 0.6 is 0 Å². The number of hydrogen-bond acceptors (Lipinski definition) is 6. The number of hydrogen-bond donors (Lipinski definition) is 1. The second-order valence-corrected chi connectivity index (χ2v) is 4.60. The van der Waals surface area contributed by atoms with E-state index in [0.29, 0.717) is 24.3 Å². The lowest BCUT2D eigenvalue weighted by molar-refractivity contribution is 0.0911. The van der Waals surface area contributed by atoms with Crippen molar-refractivity contribution in [2.24, 2.45) is 0 Å². The number of amides is 1. The van der Waals surface area contributed by atoms with Crippen LogP contribution in [0, 0.1) is 0 Å². The lowest BCUT2D eigenvalue weighted by atomic mass is 10.2. The molecule has 0 radical (unpaired) electrons. The van der Waals surface area contributed by atoms with Crippen LogP contribution in [-0.2, 0) is 6.54 Å². The number of carbonyl (C=O) groups excluding carboxylic acids is 1. The summed E-state index contributed by atoms with van der Waals surface area (Å²) < 4.78 is 15.9. The molecule has 2 aromatic heterocycles. The highest BCUT2D eigenvalue weighted by Crippen LogP contribution is 2.17. The van der Waals surface area contributed by atoms with Crippen molar-refractivity contribution in [2.45, 2.75) is 13.5 Å². The Morgan fingerprint density at radius 1 is 1.13 bits per heavy atom. The molecule has 0 atom stereocenters. The number of nitrogens with one attached hydrogen (secondary N) is 1. The molecule has 0 unspecified atom stereocenters. The Morgan fingerprint density at radius 2 is 1.96 bits per heavy atom. The van der Waals surface area contributed by atoms with Gasteiger partial charge in [-0.15, -0.1) is 10.2 Å². The van der Waals surface area contributed by atoms with Crippen molar-refractivity contribution in [1.29, 1.82) is 0 Å². The normalized spacial score (nSPS) is 10.5. The third-order valence-corrected chi connectivity index (χ3v) is 2.98. The number of carbonyl (C=O) groups is 1. The van der Waals surface area contributed by atoms with Gasteiger partial charge in [0.1, 0.15) is 0 Å². The van der Waals surface area contributed by atoms with Crippen LogP contribution in [0.15, 0.2) is 51.3 Å². The van der Waals surface area contributed by atoms with Gasteiger partial charge in [-0.05, 0) is 25.1 Å². The lowest BCUT2D eigenvalue weighted by Gasteiger charge is -1.99. The molecule has 118 valence electrons. The quantitative estimate of drug-likeness (QED) is 0.752. The van der Waals surface area contributed by atoms with E-state index in [1.54, 1.807) is 12.1 Å². The Labute approximate surface area is 132 Å². The van der Waals surface area contributed by atoms with Crippen molar-refractivity contribution >= 4 is 5.91 Å². The standard InChI is InChI=1S/C16H15N3O4/c1-2-21-14-9-8-12(22-14)15(20)17-10-13-18-19-16(23-13)11-6-4-3-5-7-11/h3-9H,2,10H2,1H3,(H,17,20). The molecule has 7 nitrogen and oxygen atoms in total. The molecule has 1 aromatic carbocycles. The summed E-state index contributed by atoms with van der Waals surface area (Å²) in [5.74, 6) is 0.814. The number of nitrogens with zero attached hydrogens (tertiary/aromatic N) is 2. The van der Waals surface area contributed by atoms with E-state index in [9.17, 15) is 4.79 Å². The Balaban J connectivity index is 1.60. The largest absolute Gasteiger partial charge is 0.465 e. The van der Waals surface area contributed by atoms with Gasteiger partial charge in [-0.25, -0.2) is 0 Å². The van der Waals surface area contributed by atoms with Gasteiger partial charge in [-0.1, -0.05) is 18.2 Å². The smallest absolute Gasteiger partial charge is 0.287 e. The summed E-state index contributed by atoms with van der Waals surface area (Å²) in [5, 5.41) is 10.5. The molecule has 0 saturated heterocycles. The summed E-state index contributed by atoms with van der Waals surface area (Å²) in [6.07, 6.45) is 0. The highest BCUT2D eigenvalue weighted by Gasteiger charge is 2.14. The molecule has 7 heteroatoms. The van der Waals surface area contributed by atoms with Crippen molar-refractivity contribution in [1.82, 2.24) is 15.5 Å². The fourth-order valence-corrected chi connectivity index (χ4v) is 1.93. The van der Waals surface area contributed by atoms with Crippen LogP contribution in [0.5, 0.6) is 5.95 Å². The first-order valence-electron chi connectivity index (χ1n) is 7.15. The maximum atomic E-state index is 12.0. The summed E-state index contributed by atoms with van der Waals surface area (Å²) in [4.78, 5) is 12.0. The predicted molar refractivity (Wildman–Crippen MR) is 80.8 cm³/mol. The van der Waals surface area contributed by atoms with Crippen LogP contribution in [0.3, 0.4) is 0 Å². The van der Waals surface area contributed by atoms with Crippen LogP contribution in [0.1, 0.15) is 23.4 Å². The number of furan rings is 1. The van der Waals surface area contributed by atoms with Crippen LogP contribution in [0.25, 0.3) is 11.5 Å². The predicted octanol–water partition coefficient (Wildman–Crippen LogP) is 2.66. The molecule has 0 aliphatic rings. The molecule has 1 N–H and O–H groups in total. The SMILES string of the molecule is CCOc1ccc(C(=O)NCc2nnc(-c3ccccc3)o2)o1. The second-order valence-electron chi connectivity index (χ2n) is 4.60. The number of rotatable bonds is 6. The van der Waals surface area contributed by atoms with Crippen molar-refractivity contribution in [3.05, 3.63) is 54.1 Å². The summed E-state index contributed by atoms with van der Waals surface area (Å²) in [6, 6.07) is 12.5. The van der Waals surface area contributed by atoms with E-state index in [4.69, 9.17) is 13.6 Å². The van der Waals surface area contributed by atoms with Gasteiger partial charge in [0.25, 0.3) is 11.9 Å². The molecule has 0 aliphatic heterocycles. The van der Waals surface area contributed by atoms with Crippen LogP contribution in [0.2, 0.25) is 0 Å². The first-order valence-corrected chi connectivity index (χ1v) is 7.15. The summed E-state index contributed by atoms with van der Waals surface area (Å²) in [7, 11) is 0. The number of benzene rings is 1. The molecular formula is C16H15N3O4. The molecular weight excluding hydrogens is 298 g/mol. The van der Waals surface area contributed by atoms with Crippen LogP contribution in [-0.4, -0.2) is 22.7 Å². The van der Waals surface area contributed by atoms with Crippen molar-refractivity contribution in [2.75, 3.05) is 6.61 Å². The van der Waals surface area contributed by atoms with E-state index in [1.165, 1.54) is 0 Å². The van der Waals surface area contributed by atoms with E-state index >= 15 is 0 Å². The Hall–Kier alpha value is -3.09. The average molecular weight is 313 g/mol. The van der Waals surface area contributed by atoms with Gasteiger partial charge < -0.3 is 18.9 Å². The van der Waals surface area contributed by atoms with E-state index in [2.05, 4.69) is 15.5 Å². The molecule has 0 fully saturated rings. The molecule has 23 heavy (non-hydrogen) atoms. The summed E-state index contributed by atoms with van der Waals surface area (Å²) in [5.41, 5.74) is 0.824. The van der Waals surface area contributed by atoms with Gasteiger partial charge in [0.05, 0.1) is 13.2 Å². The number of aromatic nitrogens is 2. The molecule has 0 bridgehead atoms. The number of ether oxygens (including phenoxy) is 1. The van der Waals surface area contributed by atoms with E-state index in [-0.39, 0.29) is 18.2 Å². The second kappa shape index (κ2) is 6.78. The minimum absolute atomic E-state index is 0.114. The van der Waals surface area contributed by atoms with Crippen LogP contribution in [0.4, 0.5) is 0 Å². The minimum Gasteiger partial charge on any atom is -0.465 e. The monoisotopic (exact) mass is 313 g/mol. The van der Waals surface area contributed by atoms with Gasteiger partial charge >= 0.3 is 0 Å². The Bertz CT molecular complexity index is 779. The molecule has 0 saturated carbocycles. The van der Waals surface area contributed by atoms with E-state index in [0.717, 1.165) is 5.56 Å². The van der Waals surface area contributed by atoms with Crippen LogP contribution < -0.4 is 10.1 Å². The van der Waals surface area contributed by atoms with E-state index in [1.807, 2.05) is 37.3 Å². The Kier molecular flexibility index (Phi) is 4.37. The zero-order valence-corrected chi connectivity index (χ0v) is 12.5. The van der Waals surface area contributed by atoms with Gasteiger partial charge in [0.15, 0.2) is 5.76 Å². The van der Waals surface area contributed by atoms with Crippen molar-refractivity contribution in [3.63, 3.8) is 0 Å². The topological polar surface area (TPSA) is 90.4 Å². The minimum atomic E-state index is -0.379. The highest BCUT2D eigenvalue weighted by molar-refractivity contribution is 5.91. The zero-order valence-electron chi connectivity index (χ0n) is 12.5. The summed E-state index contributed by atoms with van der Waals surface area (Å²) in [6.45, 7) is 2.42. The Morgan fingerprint density at radius 3 is 2.74 bits per heavy atom. The maximum Gasteiger partial charge on any atom is 0.287 e. The first-order chi connectivity index (χ1) is 11.3. The van der Waals surface area contributed by atoms with Crippen molar-refractivity contribution < 1.29 is 18.4 Å². The van der Waals surface area contributed by atoms with Gasteiger partial charge in [-0.2, -0.15) is 0 Å². The van der Waals surface area contributed by atoms with E-state index < -0.39 is 0 Å². The zero-order chi connectivity index (χ0) is 16.1. The average Bonchev–Trinajstić information content (AvgIpc) is 3.23.